The summed E-state index contributed by atoms with van der Waals surface area (Å²) < 4.78 is 12.0. The van der Waals surface area contributed by atoms with Crippen molar-refractivity contribution < 1.29 is 9.47 Å². The second-order valence-electron chi connectivity index (χ2n) is 6.53. The number of likely N-dealkylation sites (N-methyl/N-ethyl adjacent to an activating group) is 1. The molecule has 0 spiro atoms. The fraction of sp³-hybridized carbons (Fsp3) is 1.00. The molecule has 2 atom stereocenters. The number of ether oxygens (including phenoxy) is 2. The quantitative estimate of drug-likeness (QED) is 0.760. The smallest absolute Gasteiger partial charge is 0.0943 e. The molecule has 1 saturated heterocycles. The first kappa shape index (κ1) is 14.9. The zero-order valence-electron chi connectivity index (χ0n) is 12.5. The topological polar surface area (TPSA) is 21.7 Å². The molecule has 0 aromatic carbocycles. The number of morpholine rings is 1. The standard InChI is InChI=1S/C14H29NO2/c1-8-15-9-12(10-16-13(3,4)5)17-14(6,7)11(15)2/h11-12H,8-10H2,1-7H3. The van der Waals surface area contributed by atoms with Crippen LogP contribution in [0, 0.1) is 0 Å². The summed E-state index contributed by atoms with van der Waals surface area (Å²) in [6.45, 7) is 17.8. The molecule has 0 radical (unpaired) electrons. The number of hydrogen-bond donors (Lipinski definition) is 0. The lowest BCUT2D eigenvalue weighted by atomic mass is 9.95. The molecule has 0 N–H and O–H groups in total. The Morgan fingerprint density at radius 2 is 1.94 bits per heavy atom. The van der Waals surface area contributed by atoms with Crippen molar-refractivity contribution in [1.29, 1.82) is 0 Å². The van der Waals surface area contributed by atoms with Crippen LogP contribution >= 0.6 is 0 Å². The van der Waals surface area contributed by atoms with Crippen LogP contribution in [-0.2, 0) is 9.47 Å². The van der Waals surface area contributed by atoms with Crippen molar-refractivity contribution in [1.82, 2.24) is 4.90 Å². The van der Waals surface area contributed by atoms with Crippen molar-refractivity contribution in [2.75, 3.05) is 19.7 Å². The summed E-state index contributed by atoms with van der Waals surface area (Å²) in [5.41, 5.74) is -0.187. The van der Waals surface area contributed by atoms with Crippen LogP contribution < -0.4 is 0 Å². The number of hydrogen-bond acceptors (Lipinski definition) is 3. The Balaban J connectivity index is 2.58. The van der Waals surface area contributed by atoms with E-state index in [2.05, 4.69) is 53.4 Å². The molecule has 0 aliphatic carbocycles. The molecule has 1 heterocycles. The third-order valence-electron chi connectivity index (χ3n) is 3.57. The highest BCUT2D eigenvalue weighted by Gasteiger charge is 2.39. The van der Waals surface area contributed by atoms with Gasteiger partial charge in [-0.05, 0) is 48.1 Å². The fourth-order valence-electron chi connectivity index (χ4n) is 2.26. The van der Waals surface area contributed by atoms with E-state index in [1.807, 2.05) is 0 Å². The summed E-state index contributed by atoms with van der Waals surface area (Å²) in [4.78, 5) is 2.47. The highest BCUT2D eigenvalue weighted by atomic mass is 16.6. The monoisotopic (exact) mass is 243 g/mol. The second-order valence-corrected chi connectivity index (χ2v) is 6.53. The Labute approximate surface area is 106 Å². The second kappa shape index (κ2) is 5.25. The van der Waals surface area contributed by atoms with E-state index in [0.717, 1.165) is 13.1 Å². The van der Waals surface area contributed by atoms with E-state index in [4.69, 9.17) is 9.47 Å². The van der Waals surface area contributed by atoms with Crippen LogP contribution in [0.15, 0.2) is 0 Å². The Kier molecular flexibility index (Phi) is 4.61. The van der Waals surface area contributed by atoms with Crippen LogP contribution in [0.2, 0.25) is 0 Å². The van der Waals surface area contributed by atoms with Gasteiger partial charge in [0.1, 0.15) is 0 Å². The van der Waals surface area contributed by atoms with Crippen LogP contribution in [0.3, 0.4) is 0 Å². The molecule has 0 saturated carbocycles. The van der Waals surface area contributed by atoms with Gasteiger partial charge in [0.15, 0.2) is 0 Å². The van der Waals surface area contributed by atoms with Gasteiger partial charge in [0.2, 0.25) is 0 Å². The van der Waals surface area contributed by atoms with E-state index >= 15 is 0 Å². The minimum Gasteiger partial charge on any atom is -0.373 e. The Bertz CT molecular complexity index is 245. The molecular formula is C14H29NO2. The van der Waals surface area contributed by atoms with Crippen molar-refractivity contribution >= 4 is 0 Å². The van der Waals surface area contributed by atoms with Gasteiger partial charge in [-0.2, -0.15) is 0 Å². The highest BCUT2D eigenvalue weighted by molar-refractivity contribution is 4.91. The molecule has 102 valence electrons. The van der Waals surface area contributed by atoms with Crippen molar-refractivity contribution in [3.8, 4) is 0 Å². The van der Waals surface area contributed by atoms with Gasteiger partial charge in [-0.1, -0.05) is 6.92 Å². The average Bonchev–Trinajstić information content (AvgIpc) is 2.18. The number of nitrogens with zero attached hydrogens (tertiary/aromatic N) is 1. The molecule has 1 fully saturated rings. The molecule has 3 heteroatoms. The van der Waals surface area contributed by atoms with Crippen LogP contribution in [0.25, 0.3) is 0 Å². The van der Waals surface area contributed by atoms with Crippen LogP contribution in [0.1, 0.15) is 48.5 Å². The third kappa shape index (κ3) is 4.23. The summed E-state index contributed by atoms with van der Waals surface area (Å²) >= 11 is 0. The van der Waals surface area contributed by atoms with Gasteiger partial charge < -0.3 is 9.47 Å². The van der Waals surface area contributed by atoms with Crippen LogP contribution in [0.4, 0.5) is 0 Å². The van der Waals surface area contributed by atoms with Gasteiger partial charge in [0.05, 0.1) is 23.9 Å². The minimum absolute atomic E-state index is 0.0897. The number of rotatable bonds is 3. The van der Waals surface area contributed by atoms with Crippen LogP contribution in [0.5, 0.6) is 0 Å². The normalized spacial score (nSPS) is 30.5. The molecule has 1 aliphatic heterocycles. The van der Waals surface area contributed by atoms with E-state index in [0.29, 0.717) is 12.6 Å². The zero-order valence-corrected chi connectivity index (χ0v) is 12.5. The molecule has 1 rings (SSSR count). The first-order valence-electron chi connectivity index (χ1n) is 6.71. The van der Waals surface area contributed by atoms with Gasteiger partial charge in [-0.15, -0.1) is 0 Å². The Morgan fingerprint density at radius 1 is 1.35 bits per heavy atom. The van der Waals surface area contributed by atoms with E-state index in [1.54, 1.807) is 0 Å². The maximum Gasteiger partial charge on any atom is 0.0943 e. The van der Waals surface area contributed by atoms with Crippen molar-refractivity contribution in [3.63, 3.8) is 0 Å². The van der Waals surface area contributed by atoms with E-state index < -0.39 is 0 Å². The van der Waals surface area contributed by atoms with Crippen molar-refractivity contribution in [2.24, 2.45) is 0 Å². The predicted molar refractivity (Wildman–Crippen MR) is 71.4 cm³/mol. The predicted octanol–water partition coefficient (Wildman–Crippen LogP) is 2.69. The van der Waals surface area contributed by atoms with Gasteiger partial charge in [0.25, 0.3) is 0 Å². The maximum absolute atomic E-state index is 6.15. The largest absolute Gasteiger partial charge is 0.373 e. The van der Waals surface area contributed by atoms with Gasteiger partial charge in [0, 0.05) is 12.6 Å². The highest BCUT2D eigenvalue weighted by Crippen LogP contribution is 2.28. The van der Waals surface area contributed by atoms with Crippen molar-refractivity contribution in [2.45, 2.75) is 71.8 Å². The maximum atomic E-state index is 6.15. The minimum atomic E-state index is -0.0971. The van der Waals surface area contributed by atoms with Crippen LogP contribution in [-0.4, -0.2) is 47.9 Å². The summed E-state index contributed by atoms with van der Waals surface area (Å²) in [6, 6.07) is 0.457. The average molecular weight is 243 g/mol. The molecule has 2 unspecified atom stereocenters. The fourth-order valence-corrected chi connectivity index (χ4v) is 2.26. The molecule has 17 heavy (non-hydrogen) atoms. The molecule has 3 nitrogen and oxygen atoms in total. The summed E-state index contributed by atoms with van der Waals surface area (Å²) in [6.07, 6.45) is 0.181. The molecule has 0 bridgehead atoms. The molecular weight excluding hydrogens is 214 g/mol. The van der Waals surface area contributed by atoms with Gasteiger partial charge in [-0.3, -0.25) is 4.90 Å². The Hall–Kier alpha value is -0.120. The van der Waals surface area contributed by atoms with E-state index in [-0.39, 0.29) is 17.3 Å². The van der Waals surface area contributed by atoms with Gasteiger partial charge >= 0.3 is 0 Å². The van der Waals surface area contributed by atoms with E-state index in [1.165, 1.54) is 0 Å². The molecule has 1 aliphatic rings. The molecule has 0 aromatic heterocycles. The molecule has 0 amide bonds. The third-order valence-corrected chi connectivity index (χ3v) is 3.57. The lowest BCUT2D eigenvalue weighted by Crippen LogP contribution is -2.59. The Morgan fingerprint density at radius 3 is 2.41 bits per heavy atom. The summed E-state index contributed by atoms with van der Waals surface area (Å²) in [5, 5.41) is 0. The molecule has 0 aromatic rings. The zero-order chi connectivity index (χ0) is 13.3. The summed E-state index contributed by atoms with van der Waals surface area (Å²) in [5.74, 6) is 0. The lowest BCUT2D eigenvalue weighted by Gasteiger charge is -2.48. The van der Waals surface area contributed by atoms with Crippen molar-refractivity contribution in [3.05, 3.63) is 0 Å². The lowest BCUT2D eigenvalue weighted by molar-refractivity contribution is -0.190. The first-order chi connectivity index (χ1) is 7.65. The van der Waals surface area contributed by atoms with Gasteiger partial charge in [-0.25, -0.2) is 0 Å². The first-order valence-corrected chi connectivity index (χ1v) is 6.71. The summed E-state index contributed by atoms with van der Waals surface area (Å²) in [7, 11) is 0. The SMILES string of the molecule is CCN1CC(COC(C)(C)C)OC(C)(C)C1C. The van der Waals surface area contributed by atoms with E-state index in [9.17, 15) is 0 Å².